The van der Waals surface area contributed by atoms with Crippen molar-refractivity contribution in [3.05, 3.63) is 100.0 Å². The fourth-order valence-electron chi connectivity index (χ4n) is 17.6. The molecule has 4 unspecified atom stereocenters. The predicted molar refractivity (Wildman–Crippen MR) is 540 cm³/mol. The minimum absolute atomic E-state index is 0. The number of fused-ring (bicyclic) bond motifs is 2. The number of morpholine rings is 1. The van der Waals surface area contributed by atoms with Crippen LogP contribution in [0, 0.1) is 17.8 Å². The van der Waals surface area contributed by atoms with E-state index in [9.17, 15) is 13.6 Å². The quantitative estimate of drug-likeness (QED) is 0.173. The van der Waals surface area contributed by atoms with Crippen LogP contribution < -0.4 is 10.5 Å². The van der Waals surface area contributed by atoms with Crippen LogP contribution in [0.25, 0.3) is 0 Å². The van der Waals surface area contributed by atoms with Crippen molar-refractivity contribution < 1.29 is 13.5 Å². The van der Waals surface area contributed by atoms with E-state index in [1.807, 2.05) is 38.7 Å². The molecular weight excluding hydrogens is 1530 g/mol. The van der Waals surface area contributed by atoms with Gasteiger partial charge in [-0.15, -0.1) is 0 Å². The summed E-state index contributed by atoms with van der Waals surface area (Å²) in [5.74, 6) is 0.333. The van der Waals surface area contributed by atoms with Crippen molar-refractivity contribution in [2.75, 3.05) is 149 Å². The van der Waals surface area contributed by atoms with E-state index in [0.29, 0.717) is 36.8 Å². The van der Waals surface area contributed by atoms with Crippen molar-refractivity contribution in [3.8, 4) is 0 Å². The Morgan fingerprint density at radius 1 is 0.333 bits per heavy atom. The van der Waals surface area contributed by atoms with Gasteiger partial charge in [0.2, 0.25) is 0 Å². The lowest BCUT2D eigenvalue weighted by Crippen LogP contribution is -2.48. The number of para-hydroxylation sites is 1. The normalized spacial score (nSPS) is 22.6. The van der Waals surface area contributed by atoms with E-state index in [0.717, 1.165) is 92.8 Å². The summed E-state index contributed by atoms with van der Waals surface area (Å²) in [6, 6.07) is 30.4. The summed E-state index contributed by atoms with van der Waals surface area (Å²) in [6.45, 7) is 91.9. The standard InChI is InChI=1S/2C11H15N.C10H21N.C9H19NO.C9H19N.C8H15F2N.C8H18N2.C8H11NO.2C8H17N.C7H15N.C6H13N.3CH4/c1-9(2)12-7-10-5-3-4-6-11(10)8-12;1-9(2)12-8-7-10-5-3-4-6-11(10)12;1-8(2)11-6-9(3)5-10(4)7-11;1-7(2)10-5-8(3)11-9(4)6-10;1-8(2)10-6-4-9(3)5-7-10;1-7(2)11-5-3-4-8(9,10)6-11;1-8(2)10-6-4-9(3)5-7-10;1-7(2)9-6-4-3-5-8(9)10;2*1-8(2)9-6-4-3-5-7-9;1-7(2)8-5-3-4-6-8;1-6(2)7-4-3-5-7;;;/h2*3-6,9H,7-8H2,1-2H3;8-10H,5-7H2,1-4H3;7-9H,5-6H2,1-4H3;8-9H,4-7H2,1-3H3;7H,3-6H2,1-2H3;8H,4-7H2,1-3H3;3-7H,1-2H3;2*8H,3-7H2,1-2H3;7H,3-6H2,1-2H3;6H,3-5H2,1-2H3;3*1H4. The number of alkyl halides is 2. The number of likely N-dealkylation sites (N-methyl/N-ethyl adjacent to an activating group) is 1. The summed E-state index contributed by atoms with van der Waals surface area (Å²) in [7, 11) is 2.19. The Morgan fingerprint density at radius 3 is 1.01 bits per heavy atom. The van der Waals surface area contributed by atoms with Gasteiger partial charge in [-0.1, -0.05) is 104 Å². The van der Waals surface area contributed by atoms with Crippen LogP contribution in [-0.4, -0.2) is 288 Å². The maximum atomic E-state index is 12.8. The molecule has 15 nitrogen and oxygen atoms in total. The molecule has 2 aromatic carbocycles. The molecule has 9 saturated heterocycles. The van der Waals surface area contributed by atoms with Gasteiger partial charge in [-0.25, -0.2) is 8.78 Å². The highest BCUT2D eigenvalue weighted by molar-refractivity contribution is 5.58. The molecule has 722 valence electrons. The molecular formula is C106H207F2N13O2. The molecule has 0 amide bonds. The monoisotopic (exact) mass is 1730 g/mol. The van der Waals surface area contributed by atoms with Gasteiger partial charge < -0.3 is 48.5 Å². The molecule has 9 fully saturated rings. The SMILES string of the molecule is C.C.C.CC(C)N1CCC1.CC(C)N1CCCC(F)(F)C1.CC(C)N1CCCC1.CC(C)N1CCCCC1.CC(C)N1CCCCC1.CC(C)N1CCN(C)CC1.CC(C)N1CCc2ccccc21.CC(C)N1Cc2ccccc2C1.CC(C)n1ccccc1=O.CC1CC(C)CN(C(C)C)C1.CC1CCN(C(C)C)CC1.CC1CN(C(C)C)CC(C)O1. The summed E-state index contributed by atoms with van der Waals surface area (Å²) in [6.07, 6.45) is 21.5. The first-order valence-corrected chi connectivity index (χ1v) is 49.3. The molecule has 1 aromatic heterocycles. The van der Waals surface area contributed by atoms with Crippen molar-refractivity contribution >= 4 is 5.69 Å². The fraction of sp³-hybridized carbons (Fsp3) is 0.840. The number of hydrogen-bond donors (Lipinski definition) is 0. The molecule has 14 rings (SSSR count). The molecule has 0 N–H and O–H groups in total. The smallest absolute Gasteiger partial charge is 0.260 e. The number of halogens is 2. The number of benzene rings is 2. The zero-order chi connectivity index (χ0) is 89.8. The number of likely N-dealkylation sites (tertiary alicyclic amines) is 7. The van der Waals surface area contributed by atoms with Crippen molar-refractivity contribution in [2.45, 2.75) is 423 Å². The second-order valence-corrected chi connectivity index (χ2v) is 40.7. The maximum Gasteiger partial charge on any atom is 0.260 e. The average molecular weight is 1730 g/mol. The van der Waals surface area contributed by atoms with Crippen LogP contribution in [0.5, 0.6) is 0 Å². The largest absolute Gasteiger partial charge is 0.373 e. The number of hydrogen-bond acceptors (Lipinski definition) is 14. The summed E-state index contributed by atoms with van der Waals surface area (Å²) >= 11 is 0. The highest BCUT2D eigenvalue weighted by Crippen LogP contribution is 2.31. The van der Waals surface area contributed by atoms with Gasteiger partial charge in [-0.05, 0) is 383 Å². The van der Waals surface area contributed by atoms with Crippen LogP contribution in [0.15, 0.2) is 77.7 Å². The molecule has 0 aliphatic carbocycles. The lowest BCUT2D eigenvalue weighted by molar-refractivity contribution is -0.0764. The van der Waals surface area contributed by atoms with E-state index in [1.54, 1.807) is 22.9 Å². The van der Waals surface area contributed by atoms with Crippen LogP contribution in [0.2, 0.25) is 0 Å². The van der Waals surface area contributed by atoms with Crippen LogP contribution in [0.4, 0.5) is 14.5 Å². The number of pyridine rings is 1. The first kappa shape index (κ1) is 120. The molecule has 0 spiro atoms. The Balaban J connectivity index is 0.00000132. The van der Waals surface area contributed by atoms with Crippen molar-refractivity contribution in [2.24, 2.45) is 17.8 Å². The van der Waals surface area contributed by atoms with E-state index < -0.39 is 5.92 Å². The molecule has 11 aliphatic rings. The van der Waals surface area contributed by atoms with Gasteiger partial charge in [-0.3, -0.25) is 24.4 Å². The summed E-state index contributed by atoms with van der Waals surface area (Å²) in [5.41, 5.74) is 6.02. The van der Waals surface area contributed by atoms with E-state index >= 15 is 0 Å². The summed E-state index contributed by atoms with van der Waals surface area (Å²) in [4.78, 5) is 40.5. The Labute approximate surface area is 763 Å². The van der Waals surface area contributed by atoms with Crippen LogP contribution in [0.3, 0.4) is 0 Å². The van der Waals surface area contributed by atoms with Gasteiger partial charge in [0.05, 0.1) is 18.8 Å². The van der Waals surface area contributed by atoms with E-state index in [4.69, 9.17) is 4.74 Å². The van der Waals surface area contributed by atoms with Gasteiger partial charge in [0.1, 0.15) is 0 Å². The van der Waals surface area contributed by atoms with Crippen molar-refractivity contribution in [1.82, 2.24) is 58.5 Å². The highest BCUT2D eigenvalue weighted by Gasteiger charge is 2.36. The molecule has 11 aliphatic heterocycles. The Morgan fingerprint density at radius 2 is 0.675 bits per heavy atom. The first-order chi connectivity index (χ1) is 56.6. The number of ether oxygens (including phenoxy) is 1. The average Bonchev–Trinajstić information content (AvgIpc) is 1.69. The van der Waals surface area contributed by atoms with Crippen LogP contribution in [0.1, 0.15) is 336 Å². The van der Waals surface area contributed by atoms with Gasteiger partial charge in [-0.2, -0.15) is 0 Å². The van der Waals surface area contributed by atoms with Crippen LogP contribution >= 0.6 is 0 Å². The number of aromatic nitrogens is 1. The zero-order valence-electron chi connectivity index (χ0n) is 84.0. The van der Waals surface area contributed by atoms with E-state index in [2.05, 4.69) is 283 Å². The molecule has 17 heteroatoms. The molecule has 0 saturated carbocycles. The minimum atomic E-state index is -2.44. The topological polar surface area (TPSA) is 70.1 Å². The van der Waals surface area contributed by atoms with E-state index in [1.165, 1.54) is 217 Å². The zero-order valence-corrected chi connectivity index (χ0v) is 84.0. The molecule has 12 heterocycles. The van der Waals surface area contributed by atoms with Gasteiger partial charge in [0.25, 0.3) is 11.5 Å². The fourth-order valence-corrected chi connectivity index (χ4v) is 17.6. The number of rotatable bonds is 12. The van der Waals surface area contributed by atoms with Crippen LogP contribution in [-0.2, 0) is 24.2 Å². The number of nitrogens with zero attached hydrogens (tertiary/aromatic N) is 13. The lowest BCUT2D eigenvalue weighted by Gasteiger charge is -2.37. The molecule has 0 bridgehead atoms. The predicted octanol–water partition coefficient (Wildman–Crippen LogP) is 23.3. The Kier molecular flexibility index (Phi) is 63.4. The lowest BCUT2D eigenvalue weighted by atomic mass is 9.91. The van der Waals surface area contributed by atoms with Gasteiger partial charge in [0.15, 0.2) is 0 Å². The highest BCUT2D eigenvalue weighted by atomic mass is 19.3. The molecule has 3 aromatic rings. The van der Waals surface area contributed by atoms with Gasteiger partial charge >= 0.3 is 0 Å². The molecule has 123 heavy (non-hydrogen) atoms. The van der Waals surface area contributed by atoms with Crippen molar-refractivity contribution in [1.29, 1.82) is 0 Å². The minimum Gasteiger partial charge on any atom is -0.373 e. The number of piperidine rings is 5. The Bertz CT molecular complexity index is 2920. The number of anilines is 1. The summed E-state index contributed by atoms with van der Waals surface area (Å²) < 4.78 is 32.9. The number of piperazine rings is 1. The molecule has 4 atom stereocenters. The molecule has 0 radical (unpaired) electrons. The van der Waals surface area contributed by atoms with Crippen molar-refractivity contribution in [3.63, 3.8) is 0 Å². The third-order valence-electron chi connectivity index (χ3n) is 26.1. The first-order valence-electron chi connectivity index (χ1n) is 49.3. The Hall–Kier alpha value is -3.43. The second kappa shape index (κ2) is 65.2. The summed E-state index contributed by atoms with van der Waals surface area (Å²) in [5, 5.41) is 0. The van der Waals surface area contributed by atoms with E-state index in [-0.39, 0.29) is 52.9 Å². The van der Waals surface area contributed by atoms with Gasteiger partial charge in [0, 0.05) is 169 Å². The third-order valence-corrected chi connectivity index (χ3v) is 26.1. The maximum absolute atomic E-state index is 12.8. The second-order valence-electron chi connectivity index (χ2n) is 40.7. The third kappa shape index (κ3) is 50.0.